The van der Waals surface area contributed by atoms with E-state index in [2.05, 4.69) is 17.3 Å². The number of likely N-dealkylation sites (tertiary alicyclic amines) is 1. The van der Waals surface area contributed by atoms with Gasteiger partial charge in [-0.3, -0.25) is 4.79 Å². The molecule has 4 heteroatoms. The summed E-state index contributed by atoms with van der Waals surface area (Å²) in [4.78, 5) is 13.8. The SMILES string of the molecule is CN1CCCC(NCC2CC2)(C(N)=O)C1. The summed E-state index contributed by atoms with van der Waals surface area (Å²) in [6.07, 6.45) is 4.55. The van der Waals surface area contributed by atoms with Crippen molar-refractivity contribution in [1.29, 1.82) is 0 Å². The molecular formula is C11H21N3O. The van der Waals surface area contributed by atoms with E-state index in [-0.39, 0.29) is 5.91 Å². The van der Waals surface area contributed by atoms with E-state index < -0.39 is 5.54 Å². The number of hydrogen-bond donors (Lipinski definition) is 2. The molecule has 2 rings (SSSR count). The maximum absolute atomic E-state index is 11.6. The second-order valence-corrected chi connectivity index (χ2v) is 5.11. The van der Waals surface area contributed by atoms with Crippen LogP contribution in [0.15, 0.2) is 0 Å². The average Bonchev–Trinajstić information content (AvgIpc) is 2.98. The topological polar surface area (TPSA) is 58.4 Å². The molecule has 0 aromatic heterocycles. The predicted molar refractivity (Wildman–Crippen MR) is 59.4 cm³/mol. The molecule has 1 amide bonds. The third-order valence-corrected chi connectivity index (χ3v) is 3.58. The van der Waals surface area contributed by atoms with Crippen molar-refractivity contribution in [3.05, 3.63) is 0 Å². The molecule has 3 N–H and O–H groups in total. The van der Waals surface area contributed by atoms with Gasteiger partial charge in [0.15, 0.2) is 0 Å². The van der Waals surface area contributed by atoms with Crippen molar-refractivity contribution in [2.75, 3.05) is 26.7 Å². The summed E-state index contributed by atoms with van der Waals surface area (Å²) >= 11 is 0. The lowest BCUT2D eigenvalue weighted by atomic mass is 9.88. The Hall–Kier alpha value is -0.610. The molecule has 0 radical (unpaired) electrons. The first-order valence-electron chi connectivity index (χ1n) is 5.86. The van der Waals surface area contributed by atoms with Gasteiger partial charge in [0.1, 0.15) is 5.54 Å². The van der Waals surface area contributed by atoms with Crippen LogP contribution in [0.1, 0.15) is 25.7 Å². The van der Waals surface area contributed by atoms with Crippen molar-refractivity contribution in [3.8, 4) is 0 Å². The molecule has 0 aromatic carbocycles. The van der Waals surface area contributed by atoms with Gasteiger partial charge in [0.25, 0.3) is 0 Å². The number of hydrogen-bond acceptors (Lipinski definition) is 3. The van der Waals surface area contributed by atoms with Crippen LogP contribution in [-0.2, 0) is 4.79 Å². The lowest BCUT2D eigenvalue weighted by molar-refractivity contribution is -0.126. The highest BCUT2D eigenvalue weighted by atomic mass is 16.1. The smallest absolute Gasteiger partial charge is 0.239 e. The highest BCUT2D eigenvalue weighted by Crippen LogP contribution is 2.29. The summed E-state index contributed by atoms with van der Waals surface area (Å²) in [6.45, 7) is 2.78. The molecule has 1 saturated heterocycles. The maximum atomic E-state index is 11.6. The minimum atomic E-state index is -0.463. The summed E-state index contributed by atoms with van der Waals surface area (Å²) in [5.41, 5.74) is 5.08. The number of piperidine rings is 1. The van der Waals surface area contributed by atoms with Crippen LogP contribution in [0.2, 0.25) is 0 Å². The molecule has 1 aliphatic heterocycles. The second-order valence-electron chi connectivity index (χ2n) is 5.11. The number of nitrogens with two attached hydrogens (primary N) is 1. The third-order valence-electron chi connectivity index (χ3n) is 3.58. The van der Waals surface area contributed by atoms with E-state index in [1.807, 2.05) is 0 Å². The molecule has 1 aliphatic carbocycles. The fourth-order valence-electron chi connectivity index (χ4n) is 2.36. The van der Waals surface area contributed by atoms with Crippen molar-refractivity contribution in [1.82, 2.24) is 10.2 Å². The number of primary amides is 1. The van der Waals surface area contributed by atoms with E-state index in [1.54, 1.807) is 0 Å². The molecule has 1 heterocycles. The van der Waals surface area contributed by atoms with E-state index in [0.29, 0.717) is 0 Å². The zero-order chi connectivity index (χ0) is 10.9. The van der Waals surface area contributed by atoms with Crippen LogP contribution >= 0.6 is 0 Å². The number of rotatable bonds is 4. The van der Waals surface area contributed by atoms with E-state index in [1.165, 1.54) is 12.8 Å². The van der Waals surface area contributed by atoms with Crippen LogP contribution < -0.4 is 11.1 Å². The van der Waals surface area contributed by atoms with Gasteiger partial charge in [-0.05, 0) is 51.7 Å². The molecule has 2 aliphatic rings. The molecule has 0 spiro atoms. The summed E-state index contributed by atoms with van der Waals surface area (Å²) in [7, 11) is 2.05. The first kappa shape index (κ1) is 10.9. The van der Waals surface area contributed by atoms with Gasteiger partial charge in [-0.25, -0.2) is 0 Å². The average molecular weight is 211 g/mol. The highest BCUT2D eigenvalue weighted by molar-refractivity contribution is 5.85. The second kappa shape index (κ2) is 4.10. The quantitative estimate of drug-likeness (QED) is 0.684. The van der Waals surface area contributed by atoms with Gasteiger partial charge in [-0.2, -0.15) is 0 Å². The van der Waals surface area contributed by atoms with Crippen LogP contribution in [0.4, 0.5) is 0 Å². The monoisotopic (exact) mass is 211 g/mol. The number of carbonyl (C=O) groups excluding carboxylic acids is 1. The Labute approximate surface area is 91.2 Å². The first-order valence-corrected chi connectivity index (χ1v) is 5.86. The Balaban J connectivity index is 1.97. The van der Waals surface area contributed by atoms with E-state index in [0.717, 1.165) is 38.4 Å². The molecule has 0 bridgehead atoms. The zero-order valence-corrected chi connectivity index (χ0v) is 9.46. The Bertz CT molecular complexity index is 252. The van der Waals surface area contributed by atoms with Crippen molar-refractivity contribution in [3.63, 3.8) is 0 Å². The fraction of sp³-hybridized carbons (Fsp3) is 0.909. The minimum Gasteiger partial charge on any atom is -0.368 e. The lowest BCUT2D eigenvalue weighted by Crippen LogP contribution is -2.63. The van der Waals surface area contributed by atoms with Crippen LogP contribution in [0.25, 0.3) is 0 Å². The van der Waals surface area contributed by atoms with Crippen molar-refractivity contribution in [2.24, 2.45) is 11.7 Å². The summed E-state index contributed by atoms with van der Waals surface area (Å²) in [5, 5.41) is 3.41. The number of nitrogens with one attached hydrogen (secondary N) is 1. The Kier molecular flexibility index (Phi) is 2.98. The normalized spacial score (nSPS) is 32.9. The molecule has 1 saturated carbocycles. The molecule has 1 atom stereocenters. The number of carbonyl (C=O) groups is 1. The van der Waals surface area contributed by atoms with E-state index >= 15 is 0 Å². The van der Waals surface area contributed by atoms with Crippen LogP contribution in [0.5, 0.6) is 0 Å². The fourth-order valence-corrected chi connectivity index (χ4v) is 2.36. The van der Waals surface area contributed by atoms with Crippen molar-refractivity contribution < 1.29 is 4.79 Å². The van der Waals surface area contributed by atoms with Crippen molar-refractivity contribution in [2.45, 2.75) is 31.2 Å². The Morgan fingerprint density at radius 3 is 2.87 bits per heavy atom. The maximum Gasteiger partial charge on any atom is 0.239 e. The van der Waals surface area contributed by atoms with Gasteiger partial charge in [0.05, 0.1) is 0 Å². The zero-order valence-electron chi connectivity index (χ0n) is 9.46. The molecule has 86 valence electrons. The summed E-state index contributed by atoms with van der Waals surface area (Å²) in [5.74, 6) is 0.600. The van der Waals surface area contributed by atoms with Crippen LogP contribution in [0.3, 0.4) is 0 Å². The van der Waals surface area contributed by atoms with Gasteiger partial charge in [-0.15, -0.1) is 0 Å². The highest BCUT2D eigenvalue weighted by Gasteiger charge is 2.40. The largest absolute Gasteiger partial charge is 0.368 e. The van der Waals surface area contributed by atoms with Crippen LogP contribution in [0, 0.1) is 5.92 Å². The van der Waals surface area contributed by atoms with Gasteiger partial charge in [0.2, 0.25) is 5.91 Å². The van der Waals surface area contributed by atoms with E-state index in [4.69, 9.17) is 5.73 Å². The predicted octanol–water partition coefficient (Wildman–Crippen LogP) is -0.0643. The standard InChI is InChI=1S/C11H21N3O/c1-14-6-2-5-11(8-14,10(12)15)13-7-9-3-4-9/h9,13H,2-8H2,1H3,(H2,12,15). The van der Waals surface area contributed by atoms with Gasteiger partial charge >= 0.3 is 0 Å². The Morgan fingerprint density at radius 1 is 1.60 bits per heavy atom. The number of likely N-dealkylation sites (N-methyl/N-ethyl adjacent to an activating group) is 1. The van der Waals surface area contributed by atoms with Gasteiger partial charge < -0.3 is 16.0 Å². The molecule has 4 nitrogen and oxygen atoms in total. The molecule has 2 fully saturated rings. The summed E-state index contributed by atoms with van der Waals surface area (Å²) in [6, 6.07) is 0. The molecule has 15 heavy (non-hydrogen) atoms. The minimum absolute atomic E-state index is 0.185. The van der Waals surface area contributed by atoms with Gasteiger partial charge in [0, 0.05) is 6.54 Å². The van der Waals surface area contributed by atoms with Gasteiger partial charge in [-0.1, -0.05) is 0 Å². The lowest BCUT2D eigenvalue weighted by Gasteiger charge is -2.39. The third kappa shape index (κ3) is 2.49. The summed E-state index contributed by atoms with van der Waals surface area (Å²) < 4.78 is 0. The number of amides is 1. The first-order chi connectivity index (χ1) is 7.12. The Morgan fingerprint density at radius 2 is 2.33 bits per heavy atom. The molecular weight excluding hydrogens is 190 g/mol. The van der Waals surface area contributed by atoms with E-state index in [9.17, 15) is 4.79 Å². The van der Waals surface area contributed by atoms with Crippen molar-refractivity contribution >= 4 is 5.91 Å². The van der Waals surface area contributed by atoms with Crippen LogP contribution in [-0.4, -0.2) is 43.0 Å². The molecule has 0 aromatic rings. The molecule has 1 unspecified atom stereocenters. The number of nitrogens with zero attached hydrogens (tertiary/aromatic N) is 1.